The number of benzene rings is 2. The molecule has 0 amide bonds. The minimum atomic E-state index is -0.748. The van der Waals surface area contributed by atoms with Crippen LogP contribution in [0.3, 0.4) is 0 Å². The molecule has 1 aromatic heterocycles. The van der Waals surface area contributed by atoms with Crippen LogP contribution >= 0.6 is 0 Å². The third-order valence-electron chi connectivity index (χ3n) is 11.5. The molecule has 57 heavy (non-hydrogen) atoms. The van der Waals surface area contributed by atoms with E-state index in [2.05, 4.69) is 143 Å². The Bertz CT molecular complexity index is 2390. The minimum Gasteiger partial charge on any atom is -0.515 e. The third kappa shape index (κ3) is 7.94. The Morgan fingerprint density at radius 1 is 0.632 bits per heavy atom. The van der Waals surface area contributed by atoms with Gasteiger partial charge in [0.25, 0.3) is 0 Å². The van der Waals surface area contributed by atoms with Crippen LogP contribution in [0.4, 0.5) is 0 Å². The number of hydrogen-bond donors (Lipinski definition) is 3. The molecule has 4 aliphatic heterocycles. The minimum absolute atomic E-state index is 0.0768. The zero-order valence-corrected chi connectivity index (χ0v) is 36.2. The summed E-state index contributed by atoms with van der Waals surface area (Å²) in [7, 11) is 0. The molecular weight excluding hydrogens is 701 g/mol. The van der Waals surface area contributed by atoms with Gasteiger partial charge < -0.3 is 15.2 Å². The van der Waals surface area contributed by atoms with Crippen molar-refractivity contribution in [3.63, 3.8) is 0 Å². The van der Waals surface area contributed by atoms with Gasteiger partial charge in [-0.2, -0.15) is 0 Å². The monoisotopic (exact) mass is 760 g/mol. The molecule has 0 saturated heterocycles. The van der Waals surface area contributed by atoms with E-state index < -0.39 is 6.10 Å². The number of H-pyrrole nitrogens is 1. The van der Waals surface area contributed by atoms with E-state index in [-0.39, 0.29) is 21.7 Å². The lowest BCUT2D eigenvalue weighted by atomic mass is 9.78. The van der Waals surface area contributed by atoms with Gasteiger partial charge in [0.1, 0.15) is 0 Å². The van der Waals surface area contributed by atoms with E-state index in [4.69, 9.17) is 15.0 Å². The van der Waals surface area contributed by atoms with Crippen molar-refractivity contribution in [3.8, 4) is 0 Å². The summed E-state index contributed by atoms with van der Waals surface area (Å²) >= 11 is 0. The number of aromatic nitrogens is 1. The molecule has 3 aromatic rings. The first-order valence-corrected chi connectivity index (χ1v) is 20.4. The van der Waals surface area contributed by atoms with Gasteiger partial charge in [-0.3, -0.25) is 4.99 Å². The Kier molecular flexibility index (Phi) is 9.92. The van der Waals surface area contributed by atoms with E-state index in [9.17, 15) is 10.2 Å². The predicted molar refractivity (Wildman–Crippen MR) is 241 cm³/mol. The van der Waals surface area contributed by atoms with Crippen molar-refractivity contribution in [1.82, 2.24) is 4.98 Å². The number of aliphatic imine (C=N–C) groups is 3. The Morgan fingerprint density at radius 2 is 1.18 bits per heavy atom. The first kappa shape index (κ1) is 40.1. The van der Waals surface area contributed by atoms with Gasteiger partial charge in [-0.25, -0.2) is 9.98 Å². The summed E-state index contributed by atoms with van der Waals surface area (Å²) in [5.41, 5.74) is 16.5. The highest BCUT2D eigenvalue weighted by Gasteiger charge is 2.31. The zero-order valence-electron chi connectivity index (χ0n) is 36.2. The second kappa shape index (κ2) is 14.1. The van der Waals surface area contributed by atoms with Gasteiger partial charge in [0.15, 0.2) is 0 Å². The molecule has 6 heteroatoms. The Morgan fingerprint density at radius 3 is 1.68 bits per heavy atom. The van der Waals surface area contributed by atoms with E-state index in [0.717, 1.165) is 62.1 Å². The molecule has 0 spiro atoms. The molecule has 2 aromatic carbocycles. The lowest BCUT2D eigenvalue weighted by molar-refractivity contribution is 0.234. The van der Waals surface area contributed by atoms with Crippen LogP contribution in [-0.4, -0.2) is 38.4 Å². The lowest BCUT2D eigenvalue weighted by Gasteiger charge is -2.27. The summed E-state index contributed by atoms with van der Waals surface area (Å²) in [6.45, 7) is 28.8. The standard InChI is InChI=1S/C51H60N4O2/c1-29(57)37-27-45-47(31-22-34(50(8,9)10)25-35(23-31)51(11,12)13)43-19-17-40(54-43)38(28-56)39-16-18-42(53-39)46(41-15-14-36(52-41)26-44(37)55-45)30-20-32(48(2,3)4)24-33(21-30)49(5,6)7/h14-16,18,20-29,52,56-57H,17,19H2,1-13H3/b38-28-,44-26?,46-42?,47-43?. The van der Waals surface area contributed by atoms with Gasteiger partial charge in [0, 0.05) is 28.1 Å². The number of aliphatic hydroxyl groups excluding tert-OH is 2. The van der Waals surface area contributed by atoms with E-state index >= 15 is 0 Å². The number of hydrogen-bond acceptors (Lipinski definition) is 5. The molecule has 0 saturated carbocycles. The van der Waals surface area contributed by atoms with Crippen LogP contribution in [0.5, 0.6) is 0 Å². The topological polar surface area (TPSA) is 93.3 Å². The van der Waals surface area contributed by atoms with Gasteiger partial charge in [0.2, 0.25) is 0 Å². The van der Waals surface area contributed by atoms with E-state index in [0.29, 0.717) is 29.8 Å². The van der Waals surface area contributed by atoms with Gasteiger partial charge in [0.05, 0.1) is 52.2 Å². The molecule has 0 fully saturated rings. The maximum atomic E-state index is 11.2. The number of rotatable bonds is 3. The first-order chi connectivity index (χ1) is 26.5. The highest BCUT2D eigenvalue weighted by Crippen LogP contribution is 2.41. The van der Waals surface area contributed by atoms with Crippen LogP contribution < -0.4 is 0 Å². The molecule has 8 bridgehead atoms. The molecule has 1 unspecified atom stereocenters. The predicted octanol–water partition coefficient (Wildman–Crippen LogP) is 12.2. The highest BCUT2D eigenvalue weighted by atomic mass is 16.3. The van der Waals surface area contributed by atoms with Crippen molar-refractivity contribution in [1.29, 1.82) is 0 Å². The fraction of sp³-hybridized carbons (Fsp3) is 0.392. The van der Waals surface area contributed by atoms with E-state index in [1.807, 2.05) is 18.2 Å². The lowest BCUT2D eigenvalue weighted by Crippen LogP contribution is -2.17. The number of nitrogens with one attached hydrogen (secondary N) is 1. The van der Waals surface area contributed by atoms with Crippen LogP contribution in [-0.2, 0) is 21.7 Å². The van der Waals surface area contributed by atoms with Crippen LogP contribution in [0.15, 0.2) is 116 Å². The second-order valence-corrected chi connectivity index (χ2v) is 20.2. The molecular formula is C51H60N4O2. The molecule has 1 atom stereocenters. The van der Waals surface area contributed by atoms with Crippen LogP contribution in [0.1, 0.15) is 148 Å². The van der Waals surface area contributed by atoms with Crippen LogP contribution in [0, 0.1) is 0 Å². The van der Waals surface area contributed by atoms with Crippen LogP contribution in [0.2, 0.25) is 0 Å². The summed E-state index contributed by atoms with van der Waals surface area (Å²) in [6, 6.07) is 18.0. The largest absolute Gasteiger partial charge is 0.515 e. The van der Waals surface area contributed by atoms with Gasteiger partial charge in [-0.05, 0) is 111 Å². The van der Waals surface area contributed by atoms with Crippen molar-refractivity contribution in [3.05, 3.63) is 146 Å². The fourth-order valence-electron chi connectivity index (χ4n) is 7.82. The third-order valence-corrected chi connectivity index (χ3v) is 11.5. The molecule has 0 radical (unpaired) electrons. The number of allylic oxidation sites excluding steroid dienone is 6. The Labute approximate surface area is 340 Å². The molecule has 0 aliphatic carbocycles. The van der Waals surface area contributed by atoms with E-state index in [1.54, 1.807) is 6.92 Å². The molecule has 4 aliphatic rings. The molecule has 296 valence electrons. The first-order valence-electron chi connectivity index (χ1n) is 20.4. The molecule has 6 nitrogen and oxygen atoms in total. The van der Waals surface area contributed by atoms with Crippen molar-refractivity contribution in [2.24, 2.45) is 15.0 Å². The second-order valence-electron chi connectivity index (χ2n) is 20.2. The highest BCUT2D eigenvalue weighted by molar-refractivity contribution is 6.34. The van der Waals surface area contributed by atoms with Crippen molar-refractivity contribution < 1.29 is 10.2 Å². The van der Waals surface area contributed by atoms with E-state index in [1.165, 1.54) is 28.5 Å². The van der Waals surface area contributed by atoms with Crippen molar-refractivity contribution in [2.45, 2.75) is 131 Å². The number of aliphatic hydroxyl groups is 2. The quantitative estimate of drug-likeness (QED) is 0.232. The number of fused-ring (bicyclic) bond motifs is 5. The normalized spacial score (nSPS) is 18.9. The summed E-state index contributed by atoms with van der Waals surface area (Å²) in [6.07, 6.45) is 9.85. The van der Waals surface area contributed by atoms with Gasteiger partial charge in [-0.1, -0.05) is 119 Å². The summed E-state index contributed by atoms with van der Waals surface area (Å²) in [4.78, 5) is 19.6. The van der Waals surface area contributed by atoms with Gasteiger partial charge in [-0.15, -0.1) is 0 Å². The van der Waals surface area contributed by atoms with Crippen LogP contribution in [0.25, 0.3) is 17.2 Å². The average molecular weight is 761 g/mol. The maximum Gasteiger partial charge on any atom is 0.0904 e. The smallest absolute Gasteiger partial charge is 0.0904 e. The maximum absolute atomic E-state index is 11.2. The van der Waals surface area contributed by atoms with Gasteiger partial charge >= 0.3 is 0 Å². The summed E-state index contributed by atoms with van der Waals surface area (Å²) in [5.74, 6) is 0. The summed E-state index contributed by atoms with van der Waals surface area (Å²) < 4.78 is 0. The van der Waals surface area contributed by atoms with Crippen molar-refractivity contribution >= 4 is 34.4 Å². The zero-order chi connectivity index (χ0) is 41.4. The fourth-order valence-corrected chi connectivity index (χ4v) is 7.82. The molecule has 5 heterocycles. The summed E-state index contributed by atoms with van der Waals surface area (Å²) in [5, 5.41) is 22.1. The Balaban J connectivity index is 1.52. The average Bonchev–Trinajstić information content (AvgIpc) is 3.93. The SMILES string of the molecule is CC(O)C1=CC2=NC1=Cc1ccc([nH]1)C(c1cc(C(C)(C)C)cc(C(C)(C)C)c1)=C1C=CC(=N1)/C(=C/O)C1=NC(=C2c2cc(C(C)(C)C)cc(C(C)(C)C)c2)CC1. The number of aromatic amines is 1. The Hall–Kier alpha value is -5.07. The molecule has 3 N–H and O–H groups in total. The number of nitrogens with zero attached hydrogens (tertiary/aromatic N) is 3. The van der Waals surface area contributed by atoms with Crippen molar-refractivity contribution in [2.75, 3.05) is 0 Å². The molecule has 7 rings (SSSR count).